The number of nitrogens with zero attached hydrogens (tertiary/aromatic N) is 1. The van der Waals surface area contributed by atoms with E-state index in [4.69, 9.17) is 16.3 Å². The first kappa shape index (κ1) is 27.9. The molecule has 3 unspecified atom stereocenters. The number of carbonyl (C=O) groups excluding carboxylic acids is 1. The minimum atomic E-state index is -1.54. The quantitative estimate of drug-likeness (QED) is 0.201. The molecule has 0 N–H and O–H groups in total. The molecule has 4 nitrogen and oxygen atoms in total. The van der Waals surface area contributed by atoms with Gasteiger partial charge in [0.05, 0.1) is 17.2 Å². The summed E-state index contributed by atoms with van der Waals surface area (Å²) in [5.41, 5.74) is 1.54. The summed E-state index contributed by atoms with van der Waals surface area (Å²) < 4.78 is 18.7. The molecule has 0 aliphatic carbocycles. The zero-order chi connectivity index (χ0) is 26.3. The van der Waals surface area contributed by atoms with Crippen molar-refractivity contribution in [3.8, 4) is 0 Å². The molecule has 0 saturated heterocycles. The summed E-state index contributed by atoms with van der Waals surface area (Å²) in [4.78, 5) is 16.0. The Hall–Kier alpha value is -2.63. The number of carbonyl (C=O) groups is 1. The smallest absolute Gasteiger partial charge is 0.307 e. The van der Waals surface area contributed by atoms with Gasteiger partial charge in [0.2, 0.25) is 0 Å². The summed E-state index contributed by atoms with van der Waals surface area (Å²) in [6.45, 7) is 9.92. The summed E-state index contributed by atoms with van der Waals surface area (Å²) in [6.07, 6.45) is 0.580. The molecule has 3 aromatic carbocycles. The van der Waals surface area contributed by atoms with Crippen LogP contribution in [-0.2, 0) is 20.3 Å². The van der Waals surface area contributed by atoms with Gasteiger partial charge in [0.25, 0.3) is 0 Å². The molecule has 3 atom stereocenters. The highest BCUT2D eigenvalue weighted by Crippen LogP contribution is 2.42. The largest absolute Gasteiger partial charge is 0.460 e. The van der Waals surface area contributed by atoms with Crippen LogP contribution in [0.4, 0.5) is 11.4 Å². The van der Waals surface area contributed by atoms with E-state index in [-0.39, 0.29) is 12.4 Å². The molecule has 0 bridgehead atoms. The second kappa shape index (κ2) is 12.1. The molecule has 0 amide bonds. The number of esters is 1. The fourth-order valence-electron chi connectivity index (χ4n) is 4.15. The molecule has 0 fully saturated rings. The van der Waals surface area contributed by atoms with Crippen molar-refractivity contribution in [3.63, 3.8) is 0 Å². The third-order valence-corrected chi connectivity index (χ3v) is 8.71. The van der Waals surface area contributed by atoms with Gasteiger partial charge in [-0.25, -0.2) is 0 Å². The van der Waals surface area contributed by atoms with Crippen LogP contribution in [0.25, 0.3) is 0 Å². The lowest BCUT2D eigenvalue weighted by atomic mass is 9.82. The average Bonchev–Trinajstić information content (AvgIpc) is 2.86. The molecule has 6 heteroatoms. The van der Waals surface area contributed by atoms with E-state index in [0.29, 0.717) is 17.9 Å². The van der Waals surface area contributed by atoms with E-state index in [2.05, 4.69) is 4.90 Å². The summed E-state index contributed by atoms with van der Waals surface area (Å²) >= 11 is 7.13. The number of alkyl halides is 1. The molecule has 3 rings (SSSR count). The van der Waals surface area contributed by atoms with Crippen LogP contribution in [0.1, 0.15) is 46.1 Å². The maximum atomic E-state index is 13.8. The molecular formula is C30H36ClNO3S. The second-order valence-electron chi connectivity index (χ2n) is 10.2. The second-order valence-corrected chi connectivity index (χ2v) is 12.4. The van der Waals surface area contributed by atoms with Gasteiger partial charge >= 0.3 is 5.97 Å². The first-order valence-corrected chi connectivity index (χ1v) is 13.9. The Balaban J connectivity index is 2.07. The molecule has 0 aliphatic rings. The molecule has 0 aliphatic heterocycles. The monoisotopic (exact) mass is 525 g/mol. The van der Waals surface area contributed by atoms with Gasteiger partial charge in [-0.2, -0.15) is 0 Å². The van der Waals surface area contributed by atoms with Crippen LogP contribution >= 0.6 is 11.6 Å². The van der Waals surface area contributed by atoms with Gasteiger partial charge in [-0.1, -0.05) is 61.0 Å². The first-order valence-electron chi connectivity index (χ1n) is 12.3. The van der Waals surface area contributed by atoms with Crippen molar-refractivity contribution in [1.29, 1.82) is 0 Å². The summed E-state index contributed by atoms with van der Waals surface area (Å²) in [5, 5.41) is 0. The van der Waals surface area contributed by atoms with Gasteiger partial charge in [0.1, 0.15) is 10.3 Å². The van der Waals surface area contributed by atoms with Crippen molar-refractivity contribution in [2.45, 2.75) is 62.7 Å². The van der Waals surface area contributed by atoms with Crippen LogP contribution in [0.15, 0.2) is 89.8 Å². The lowest BCUT2D eigenvalue weighted by molar-refractivity contribution is -0.157. The maximum Gasteiger partial charge on any atom is 0.307 e. The number of anilines is 2. The third-order valence-electron chi connectivity index (χ3n) is 6.15. The van der Waals surface area contributed by atoms with E-state index in [9.17, 15) is 9.00 Å². The minimum absolute atomic E-state index is 0.0444. The number of halogens is 1. The Labute approximate surface area is 223 Å². The van der Waals surface area contributed by atoms with Crippen LogP contribution < -0.4 is 4.90 Å². The number of hydrogen-bond acceptors (Lipinski definition) is 4. The maximum absolute atomic E-state index is 13.8. The Morgan fingerprint density at radius 3 is 1.86 bits per heavy atom. The van der Waals surface area contributed by atoms with Crippen LogP contribution in [0.3, 0.4) is 0 Å². The molecule has 0 saturated carbocycles. The molecular weight excluding hydrogens is 490 g/mol. The Morgan fingerprint density at radius 2 is 1.42 bits per heavy atom. The topological polar surface area (TPSA) is 46.6 Å². The van der Waals surface area contributed by atoms with E-state index in [1.54, 1.807) is 0 Å². The van der Waals surface area contributed by atoms with Gasteiger partial charge in [0.15, 0.2) is 0 Å². The van der Waals surface area contributed by atoms with Crippen LogP contribution in [-0.4, -0.2) is 27.0 Å². The van der Waals surface area contributed by atoms with Gasteiger partial charge < -0.3 is 9.64 Å². The van der Waals surface area contributed by atoms with Crippen molar-refractivity contribution < 1.29 is 13.7 Å². The lowest BCUT2D eigenvalue weighted by Gasteiger charge is -2.41. The number of aryl methyl sites for hydroxylation is 1. The lowest BCUT2D eigenvalue weighted by Crippen LogP contribution is -2.46. The Morgan fingerprint density at radius 1 is 0.917 bits per heavy atom. The van der Waals surface area contributed by atoms with Gasteiger partial charge in [-0.05, 0) is 70.5 Å². The summed E-state index contributed by atoms with van der Waals surface area (Å²) in [6, 6.07) is 27.5. The predicted molar refractivity (Wildman–Crippen MR) is 150 cm³/mol. The highest BCUT2D eigenvalue weighted by molar-refractivity contribution is 7.87. The van der Waals surface area contributed by atoms with E-state index >= 15 is 0 Å². The SMILES string of the molecule is CCC(CC(=O)OC(C)(C)C)(CN(c1ccccc1)c1ccccc1)C(Cl)S(=O)c1ccc(C)cc1. The fourth-order valence-corrected chi connectivity index (χ4v) is 6.18. The Kier molecular flexibility index (Phi) is 9.37. The van der Waals surface area contributed by atoms with Crippen molar-refractivity contribution in [1.82, 2.24) is 0 Å². The van der Waals surface area contributed by atoms with E-state index in [1.807, 2.05) is 120 Å². The molecule has 0 radical (unpaired) electrons. The average molecular weight is 526 g/mol. The third kappa shape index (κ3) is 7.21. The number of hydrogen-bond donors (Lipinski definition) is 0. The minimum Gasteiger partial charge on any atom is -0.460 e. The Bertz CT molecular complexity index is 1110. The van der Waals surface area contributed by atoms with Crippen LogP contribution in [0, 0.1) is 12.3 Å². The van der Waals surface area contributed by atoms with Crippen LogP contribution in [0.2, 0.25) is 0 Å². The highest BCUT2D eigenvalue weighted by atomic mass is 35.5. The van der Waals surface area contributed by atoms with E-state index in [0.717, 1.165) is 16.9 Å². The van der Waals surface area contributed by atoms with Crippen molar-refractivity contribution in [3.05, 3.63) is 90.5 Å². The highest BCUT2D eigenvalue weighted by Gasteiger charge is 2.45. The first-order chi connectivity index (χ1) is 17.0. The zero-order valence-electron chi connectivity index (χ0n) is 21.7. The molecule has 192 valence electrons. The zero-order valence-corrected chi connectivity index (χ0v) is 23.3. The number of benzene rings is 3. The number of ether oxygens (including phenoxy) is 1. The normalized spacial score (nSPS) is 14.9. The molecule has 36 heavy (non-hydrogen) atoms. The standard InChI is InChI=1S/C30H36ClNO3S/c1-6-30(21-27(33)35-29(3,4)5,28(31)36(34)26-19-17-23(2)18-20-26)22-32(24-13-9-7-10-14-24)25-15-11-8-12-16-25/h7-20,28H,6,21-22H2,1-5H3. The summed E-state index contributed by atoms with van der Waals surface area (Å²) in [5.74, 6) is -0.350. The van der Waals surface area contributed by atoms with Crippen molar-refractivity contribution in [2.75, 3.05) is 11.4 Å². The molecule has 0 spiro atoms. The predicted octanol–water partition coefficient (Wildman–Crippen LogP) is 7.63. The fraction of sp³-hybridized carbons (Fsp3) is 0.367. The van der Waals surface area contributed by atoms with Crippen molar-refractivity contribution >= 4 is 39.7 Å². The molecule has 3 aromatic rings. The number of rotatable bonds is 10. The molecule has 0 heterocycles. The van der Waals surface area contributed by atoms with E-state index < -0.39 is 26.5 Å². The van der Waals surface area contributed by atoms with Gasteiger partial charge in [-0.15, -0.1) is 11.6 Å². The van der Waals surface area contributed by atoms with Gasteiger partial charge in [-0.3, -0.25) is 9.00 Å². The van der Waals surface area contributed by atoms with Gasteiger partial charge in [0, 0.05) is 28.2 Å². The summed E-state index contributed by atoms with van der Waals surface area (Å²) in [7, 11) is -1.54. The molecule has 0 aromatic heterocycles. The van der Waals surface area contributed by atoms with Crippen LogP contribution in [0.5, 0.6) is 0 Å². The van der Waals surface area contributed by atoms with E-state index in [1.165, 1.54) is 0 Å². The number of para-hydroxylation sites is 2. The van der Waals surface area contributed by atoms with Crippen molar-refractivity contribution in [2.24, 2.45) is 5.41 Å².